The molecule has 0 heterocycles. The predicted octanol–water partition coefficient (Wildman–Crippen LogP) is 1.27. The summed E-state index contributed by atoms with van der Waals surface area (Å²) in [5, 5.41) is 18.5. The number of hydrogen-bond acceptors (Lipinski definition) is 3. The third-order valence-electron chi connectivity index (χ3n) is 2.83. The van der Waals surface area contributed by atoms with E-state index in [1.165, 1.54) is 0 Å². The minimum absolute atomic E-state index is 0.221. The van der Waals surface area contributed by atoms with Crippen LogP contribution in [0.5, 0.6) is 5.75 Å². The van der Waals surface area contributed by atoms with Crippen LogP contribution in [-0.2, 0) is 11.2 Å². The van der Waals surface area contributed by atoms with Crippen LogP contribution in [0.1, 0.15) is 22.3 Å². The molecule has 0 spiro atoms. The number of carboxylic acids is 1. The molecule has 0 saturated carbocycles. The van der Waals surface area contributed by atoms with Crippen molar-refractivity contribution in [3.05, 3.63) is 28.3 Å². The molecule has 4 N–H and O–H groups in total. The van der Waals surface area contributed by atoms with E-state index >= 15 is 0 Å². The molecule has 0 aliphatic rings. The van der Waals surface area contributed by atoms with E-state index in [9.17, 15) is 9.90 Å². The fourth-order valence-electron chi connectivity index (χ4n) is 1.84. The van der Waals surface area contributed by atoms with Gasteiger partial charge in [-0.1, -0.05) is 6.07 Å². The highest BCUT2D eigenvalue weighted by molar-refractivity contribution is 5.73. The van der Waals surface area contributed by atoms with Crippen molar-refractivity contribution in [3.8, 4) is 5.75 Å². The van der Waals surface area contributed by atoms with Crippen molar-refractivity contribution < 1.29 is 15.0 Å². The van der Waals surface area contributed by atoms with Crippen LogP contribution in [0.4, 0.5) is 0 Å². The van der Waals surface area contributed by atoms with Crippen molar-refractivity contribution in [1.82, 2.24) is 0 Å². The van der Waals surface area contributed by atoms with E-state index in [0.717, 1.165) is 16.7 Å². The van der Waals surface area contributed by atoms with Crippen molar-refractivity contribution in [3.63, 3.8) is 0 Å². The lowest BCUT2D eigenvalue weighted by Crippen LogP contribution is -2.32. The van der Waals surface area contributed by atoms with E-state index in [0.29, 0.717) is 5.56 Å². The Labute approximate surface area is 94.7 Å². The summed E-state index contributed by atoms with van der Waals surface area (Å²) < 4.78 is 0. The van der Waals surface area contributed by atoms with E-state index in [1.54, 1.807) is 6.92 Å². The minimum Gasteiger partial charge on any atom is -0.507 e. The zero-order chi connectivity index (χ0) is 12.5. The van der Waals surface area contributed by atoms with Crippen molar-refractivity contribution in [2.75, 3.05) is 0 Å². The first-order chi connectivity index (χ1) is 7.34. The van der Waals surface area contributed by atoms with E-state index < -0.39 is 12.0 Å². The Balaban J connectivity index is 3.14. The molecule has 1 atom stereocenters. The lowest BCUT2D eigenvalue weighted by molar-refractivity contribution is -0.138. The Bertz CT molecular complexity index is 427. The SMILES string of the molecule is Cc1cc(C)c(CC(N)C(=O)O)c(C)c1O. The quantitative estimate of drug-likeness (QED) is 0.720. The van der Waals surface area contributed by atoms with E-state index in [4.69, 9.17) is 10.8 Å². The van der Waals surface area contributed by atoms with Crippen LogP contribution >= 0.6 is 0 Å². The summed E-state index contributed by atoms with van der Waals surface area (Å²) in [6, 6.07) is 0.909. The standard InChI is InChI=1S/C12H17NO3/c1-6-4-7(2)11(14)8(3)9(6)5-10(13)12(15)16/h4,10,14H,5,13H2,1-3H3,(H,15,16). The first kappa shape index (κ1) is 12.5. The number of rotatable bonds is 3. The summed E-state index contributed by atoms with van der Waals surface area (Å²) >= 11 is 0. The number of carboxylic acid groups (broad SMARTS) is 1. The van der Waals surface area contributed by atoms with Gasteiger partial charge in [-0.15, -0.1) is 0 Å². The van der Waals surface area contributed by atoms with Gasteiger partial charge in [0.2, 0.25) is 0 Å². The maximum absolute atomic E-state index is 10.7. The monoisotopic (exact) mass is 223 g/mol. The van der Waals surface area contributed by atoms with Crippen molar-refractivity contribution in [2.45, 2.75) is 33.2 Å². The van der Waals surface area contributed by atoms with E-state index in [2.05, 4.69) is 0 Å². The lowest BCUT2D eigenvalue weighted by atomic mass is 9.93. The van der Waals surface area contributed by atoms with E-state index in [1.807, 2.05) is 19.9 Å². The molecule has 1 rings (SSSR count). The summed E-state index contributed by atoms with van der Waals surface area (Å²) in [4.78, 5) is 10.7. The van der Waals surface area contributed by atoms with Gasteiger partial charge in [0, 0.05) is 0 Å². The minimum atomic E-state index is -1.03. The summed E-state index contributed by atoms with van der Waals surface area (Å²) in [7, 11) is 0. The largest absolute Gasteiger partial charge is 0.507 e. The molecule has 0 saturated heterocycles. The Hall–Kier alpha value is -1.55. The average Bonchev–Trinajstić information content (AvgIpc) is 2.20. The normalized spacial score (nSPS) is 12.5. The number of hydrogen-bond donors (Lipinski definition) is 3. The number of aryl methyl sites for hydroxylation is 2. The molecule has 4 nitrogen and oxygen atoms in total. The predicted molar refractivity (Wildman–Crippen MR) is 61.6 cm³/mol. The molecular weight excluding hydrogens is 206 g/mol. The van der Waals surface area contributed by atoms with Gasteiger partial charge in [0.15, 0.2) is 0 Å². The van der Waals surface area contributed by atoms with Crippen molar-refractivity contribution in [2.24, 2.45) is 5.73 Å². The number of phenols is 1. The fraction of sp³-hybridized carbons (Fsp3) is 0.417. The molecule has 0 radical (unpaired) electrons. The second kappa shape index (κ2) is 4.53. The highest BCUT2D eigenvalue weighted by Crippen LogP contribution is 2.28. The molecule has 1 aromatic rings. The van der Waals surface area contributed by atoms with Crippen LogP contribution in [-0.4, -0.2) is 22.2 Å². The van der Waals surface area contributed by atoms with Crippen LogP contribution in [0.25, 0.3) is 0 Å². The molecule has 4 heteroatoms. The first-order valence-corrected chi connectivity index (χ1v) is 5.11. The summed E-state index contributed by atoms with van der Waals surface area (Å²) in [5.41, 5.74) is 8.78. The lowest BCUT2D eigenvalue weighted by Gasteiger charge is -2.15. The second-order valence-corrected chi connectivity index (χ2v) is 4.11. The van der Waals surface area contributed by atoms with Crippen molar-refractivity contribution in [1.29, 1.82) is 0 Å². The van der Waals surface area contributed by atoms with E-state index in [-0.39, 0.29) is 12.2 Å². The third kappa shape index (κ3) is 2.33. The number of aromatic hydroxyl groups is 1. The molecular formula is C12H17NO3. The Morgan fingerprint density at radius 3 is 2.44 bits per heavy atom. The highest BCUT2D eigenvalue weighted by atomic mass is 16.4. The molecule has 0 aliphatic heterocycles. The van der Waals surface area contributed by atoms with Gasteiger partial charge >= 0.3 is 5.97 Å². The molecule has 0 amide bonds. The number of aliphatic carboxylic acids is 1. The Morgan fingerprint density at radius 2 is 1.94 bits per heavy atom. The Morgan fingerprint density at radius 1 is 1.38 bits per heavy atom. The number of nitrogens with two attached hydrogens (primary N) is 1. The molecule has 0 bridgehead atoms. The highest BCUT2D eigenvalue weighted by Gasteiger charge is 2.17. The molecule has 16 heavy (non-hydrogen) atoms. The zero-order valence-electron chi connectivity index (χ0n) is 9.74. The van der Waals surface area contributed by atoms with Crippen LogP contribution in [0.3, 0.4) is 0 Å². The molecule has 1 unspecified atom stereocenters. The van der Waals surface area contributed by atoms with Crippen LogP contribution in [0.2, 0.25) is 0 Å². The van der Waals surface area contributed by atoms with Gasteiger partial charge in [0.25, 0.3) is 0 Å². The number of phenolic OH excluding ortho intramolecular Hbond substituents is 1. The molecule has 0 fully saturated rings. The van der Waals surface area contributed by atoms with Gasteiger partial charge < -0.3 is 15.9 Å². The zero-order valence-corrected chi connectivity index (χ0v) is 9.74. The van der Waals surface area contributed by atoms with Gasteiger partial charge in [0.05, 0.1) is 0 Å². The topological polar surface area (TPSA) is 83.6 Å². The smallest absolute Gasteiger partial charge is 0.320 e. The van der Waals surface area contributed by atoms with Gasteiger partial charge in [-0.05, 0) is 49.4 Å². The maximum Gasteiger partial charge on any atom is 0.320 e. The molecule has 1 aromatic carbocycles. The second-order valence-electron chi connectivity index (χ2n) is 4.11. The van der Waals surface area contributed by atoms with Crippen LogP contribution in [0, 0.1) is 20.8 Å². The van der Waals surface area contributed by atoms with Crippen molar-refractivity contribution >= 4 is 5.97 Å². The fourth-order valence-corrected chi connectivity index (χ4v) is 1.84. The number of carbonyl (C=O) groups is 1. The number of benzene rings is 1. The molecule has 0 aromatic heterocycles. The molecule has 0 aliphatic carbocycles. The van der Waals surface area contributed by atoms with Gasteiger partial charge in [-0.25, -0.2) is 0 Å². The Kier molecular flexibility index (Phi) is 3.55. The molecule has 88 valence electrons. The van der Waals surface area contributed by atoms with Crippen LogP contribution in [0.15, 0.2) is 6.07 Å². The summed E-state index contributed by atoms with van der Waals surface area (Å²) in [6.45, 7) is 5.48. The maximum atomic E-state index is 10.7. The summed E-state index contributed by atoms with van der Waals surface area (Å²) in [5.74, 6) is -0.808. The summed E-state index contributed by atoms with van der Waals surface area (Å²) in [6.07, 6.45) is 0.237. The van der Waals surface area contributed by atoms with Crippen LogP contribution < -0.4 is 5.73 Å². The third-order valence-corrected chi connectivity index (χ3v) is 2.83. The van der Waals surface area contributed by atoms with Gasteiger partial charge in [-0.3, -0.25) is 4.79 Å². The van der Waals surface area contributed by atoms with Gasteiger partial charge in [0.1, 0.15) is 11.8 Å². The first-order valence-electron chi connectivity index (χ1n) is 5.11. The van der Waals surface area contributed by atoms with Gasteiger partial charge in [-0.2, -0.15) is 0 Å². The average molecular weight is 223 g/mol.